The Bertz CT molecular complexity index is 1240. The summed E-state index contributed by atoms with van der Waals surface area (Å²) < 4.78 is 38.8. The topological polar surface area (TPSA) is 103 Å². The quantitative estimate of drug-likeness (QED) is 0.594. The minimum Gasteiger partial charge on any atom is -0.313 e. The molecule has 0 radical (unpaired) electrons. The summed E-state index contributed by atoms with van der Waals surface area (Å²) in [6.07, 6.45) is 0.841. The lowest BCUT2D eigenvalue weighted by molar-refractivity contribution is 0.0977. The minimum atomic E-state index is -3.80. The number of thiazole rings is 1. The summed E-state index contributed by atoms with van der Waals surface area (Å²) in [6.45, 7) is 0.0650. The van der Waals surface area contributed by atoms with Crippen LogP contribution in [-0.2, 0) is 16.6 Å². The van der Waals surface area contributed by atoms with Gasteiger partial charge >= 0.3 is 0 Å². The zero-order chi connectivity index (χ0) is 21.9. The van der Waals surface area contributed by atoms with Crippen molar-refractivity contribution in [2.45, 2.75) is 6.54 Å². The first kappa shape index (κ1) is 21.7. The Balaban J connectivity index is 2.04. The Morgan fingerprint density at radius 1 is 1.27 bits per heavy atom. The van der Waals surface area contributed by atoms with E-state index in [2.05, 4.69) is 4.98 Å². The summed E-state index contributed by atoms with van der Waals surface area (Å²) in [5.74, 6) is -1.38. The normalized spacial score (nSPS) is 11.0. The lowest BCUT2D eigenvalue weighted by Crippen LogP contribution is -2.29. The number of carbonyl (C=O) groups excluding carboxylic acids is 1. The third-order valence-electron chi connectivity index (χ3n) is 3.89. The second-order valence-electron chi connectivity index (χ2n) is 6.16. The molecule has 30 heavy (non-hydrogen) atoms. The number of rotatable bonds is 6. The van der Waals surface area contributed by atoms with Crippen LogP contribution >= 0.6 is 22.9 Å². The Morgan fingerprint density at radius 2 is 1.93 bits per heavy atom. The summed E-state index contributed by atoms with van der Waals surface area (Å²) in [4.78, 5) is 18.0. The first-order valence-corrected chi connectivity index (χ1v) is 11.5. The molecule has 11 heteroatoms. The van der Waals surface area contributed by atoms with Crippen LogP contribution in [0.1, 0.15) is 21.6 Å². The fourth-order valence-corrected chi connectivity index (χ4v) is 4.13. The largest absolute Gasteiger partial charge is 0.313 e. The number of amides is 1. The van der Waals surface area contributed by atoms with E-state index in [9.17, 15) is 17.6 Å². The van der Waals surface area contributed by atoms with E-state index >= 15 is 0 Å². The fraction of sp³-hybridized carbons (Fsp3) is 0.105. The van der Waals surface area contributed by atoms with Gasteiger partial charge in [0.15, 0.2) is 10.8 Å². The van der Waals surface area contributed by atoms with Gasteiger partial charge in [0, 0.05) is 11.3 Å². The monoisotopic (exact) mass is 464 g/mol. The molecule has 1 amide bonds. The molecule has 1 aromatic heterocycles. The molecular formula is C19H14ClFN4O3S2. The number of carbonyl (C=O) groups is 1. The highest BCUT2D eigenvalue weighted by atomic mass is 35.5. The highest BCUT2D eigenvalue weighted by Gasteiger charge is 2.24. The molecule has 0 saturated carbocycles. The minimum absolute atomic E-state index is 0.0154. The zero-order valence-electron chi connectivity index (χ0n) is 15.5. The van der Waals surface area contributed by atoms with Crippen molar-refractivity contribution in [3.05, 3.63) is 75.5 Å². The second kappa shape index (κ2) is 8.79. The van der Waals surface area contributed by atoms with E-state index in [0.717, 1.165) is 17.6 Å². The van der Waals surface area contributed by atoms with E-state index in [0.29, 0.717) is 16.8 Å². The Hall–Kier alpha value is -3.00. The molecule has 154 valence electrons. The molecule has 0 unspecified atom stereocenters. The molecule has 0 aliphatic rings. The van der Waals surface area contributed by atoms with Gasteiger partial charge in [0.1, 0.15) is 10.2 Å². The molecule has 7 nitrogen and oxygen atoms in total. The number of hydrogen-bond donors (Lipinski definition) is 1. The highest BCUT2D eigenvalue weighted by molar-refractivity contribution is 7.89. The number of halogens is 2. The molecule has 0 atom stereocenters. The summed E-state index contributed by atoms with van der Waals surface area (Å²) in [6, 6.07) is 14.7. The third-order valence-corrected chi connectivity index (χ3v) is 5.73. The second-order valence-corrected chi connectivity index (χ2v) is 9.49. The van der Waals surface area contributed by atoms with Gasteiger partial charge in [0.2, 0.25) is 10.0 Å². The molecule has 0 aliphatic carbocycles. The van der Waals surface area contributed by atoms with E-state index in [-0.39, 0.29) is 21.7 Å². The molecular weight excluding hydrogens is 451 g/mol. The number of aromatic nitrogens is 1. The smallest absolute Gasteiger partial charge is 0.285 e. The van der Waals surface area contributed by atoms with Crippen LogP contribution < -0.4 is 9.62 Å². The lowest BCUT2D eigenvalue weighted by atomic mass is 10.1. The number of anilines is 2. The molecule has 0 aliphatic heterocycles. The van der Waals surface area contributed by atoms with E-state index in [1.807, 2.05) is 10.8 Å². The van der Waals surface area contributed by atoms with Gasteiger partial charge in [-0.3, -0.25) is 4.79 Å². The summed E-state index contributed by atoms with van der Waals surface area (Å²) >= 11 is 7.08. The van der Waals surface area contributed by atoms with Crippen LogP contribution in [0, 0.1) is 17.1 Å². The molecule has 3 aromatic rings. The van der Waals surface area contributed by atoms with Gasteiger partial charge in [-0.15, -0.1) is 0 Å². The molecule has 1 heterocycles. The summed E-state index contributed by atoms with van der Waals surface area (Å²) in [7, 11) is -3.80. The number of benzene rings is 2. The van der Waals surface area contributed by atoms with Gasteiger partial charge in [-0.2, -0.15) is 5.26 Å². The van der Waals surface area contributed by atoms with Crippen LogP contribution in [0.4, 0.5) is 15.2 Å². The highest BCUT2D eigenvalue weighted by Crippen LogP contribution is 2.36. The first-order valence-electron chi connectivity index (χ1n) is 8.37. The van der Waals surface area contributed by atoms with Crippen molar-refractivity contribution in [2.24, 2.45) is 0 Å². The van der Waals surface area contributed by atoms with Crippen molar-refractivity contribution >= 4 is 49.7 Å². The average molecular weight is 465 g/mol. The van der Waals surface area contributed by atoms with Gasteiger partial charge in [-0.05, 0) is 30.3 Å². The van der Waals surface area contributed by atoms with Gasteiger partial charge in [0.25, 0.3) is 5.91 Å². The van der Waals surface area contributed by atoms with Crippen molar-refractivity contribution in [1.29, 1.82) is 5.26 Å². The van der Waals surface area contributed by atoms with Crippen LogP contribution in [-0.4, -0.2) is 25.6 Å². The van der Waals surface area contributed by atoms with Crippen molar-refractivity contribution in [1.82, 2.24) is 9.71 Å². The molecule has 1 N–H and O–H groups in total. The Kier molecular flexibility index (Phi) is 6.36. The SMILES string of the molecule is CS(=O)(=O)NC(=O)c1nc(N(Cc2ccccc2F)c2ccc(C#N)cc2)sc1Cl. The molecule has 0 fully saturated rings. The number of sulfonamides is 1. The number of nitrogens with one attached hydrogen (secondary N) is 1. The Labute approximate surface area is 181 Å². The Morgan fingerprint density at radius 3 is 2.53 bits per heavy atom. The van der Waals surface area contributed by atoms with E-state index in [4.69, 9.17) is 16.9 Å². The van der Waals surface area contributed by atoms with E-state index in [1.54, 1.807) is 47.4 Å². The van der Waals surface area contributed by atoms with Gasteiger partial charge in [-0.25, -0.2) is 22.5 Å². The van der Waals surface area contributed by atoms with Gasteiger partial charge < -0.3 is 4.90 Å². The maximum Gasteiger partial charge on any atom is 0.285 e. The molecule has 3 rings (SSSR count). The molecule has 2 aromatic carbocycles. The van der Waals surface area contributed by atoms with Crippen molar-refractivity contribution in [3.8, 4) is 6.07 Å². The number of nitrogens with zero attached hydrogens (tertiary/aromatic N) is 3. The van der Waals surface area contributed by atoms with E-state index < -0.39 is 21.7 Å². The third kappa shape index (κ3) is 5.13. The lowest BCUT2D eigenvalue weighted by Gasteiger charge is -2.22. The fourth-order valence-electron chi connectivity index (χ4n) is 2.55. The first-order chi connectivity index (χ1) is 14.2. The van der Waals surface area contributed by atoms with E-state index in [1.165, 1.54) is 6.07 Å². The predicted octanol–water partition coefficient (Wildman–Crippen LogP) is 3.83. The van der Waals surface area contributed by atoms with Crippen molar-refractivity contribution < 1.29 is 17.6 Å². The standard InChI is InChI=1S/C19H14ClFN4O3S2/c1-30(27,28)24-18(26)16-17(20)29-19(23-16)25(11-13-4-2-3-5-15(13)21)14-8-6-12(10-22)7-9-14/h2-9H,11H2,1H3,(H,24,26). The maximum absolute atomic E-state index is 14.3. The molecule has 0 spiro atoms. The van der Waals surface area contributed by atoms with Crippen LogP contribution in [0.2, 0.25) is 4.34 Å². The zero-order valence-corrected chi connectivity index (χ0v) is 17.9. The van der Waals surface area contributed by atoms with Gasteiger partial charge in [0.05, 0.1) is 24.4 Å². The van der Waals surface area contributed by atoms with Crippen molar-refractivity contribution in [2.75, 3.05) is 11.2 Å². The van der Waals surface area contributed by atoms with Gasteiger partial charge in [-0.1, -0.05) is 41.1 Å². The average Bonchev–Trinajstić information content (AvgIpc) is 3.08. The number of hydrogen-bond acceptors (Lipinski definition) is 7. The van der Waals surface area contributed by atoms with Crippen LogP contribution in [0.3, 0.4) is 0 Å². The molecule has 0 saturated heterocycles. The van der Waals surface area contributed by atoms with Crippen LogP contribution in [0.15, 0.2) is 48.5 Å². The predicted molar refractivity (Wildman–Crippen MR) is 113 cm³/mol. The maximum atomic E-state index is 14.3. The summed E-state index contributed by atoms with van der Waals surface area (Å²) in [5, 5.41) is 9.27. The summed E-state index contributed by atoms with van der Waals surface area (Å²) in [5.41, 5.74) is 1.14. The van der Waals surface area contributed by atoms with Crippen molar-refractivity contribution in [3.63, 3.8) is 0 Å². The number of nitriles is 1. The van der Waals surface area contributed by atoms with Crippen LogP contribution in [0.5, 0.6) is 0 Å². The molecule has 0 bridgehead atoms. The van der Waals surface area contributed by atoms with Crippen LogP contribution in [0.25, 0.3) is 0 Å².